The number of aromatic nitrogens is 2. The van der Waals surface area contributed by atoms with Crippen molar-refractivity contribution >= 4 is 16.3 Å². The Morgan fingerprint density at radius 3 is 2.83 bits per heavy atom. The molecule has 2 rings (SSSR count). The van der Waals surface area contributed by atoms with Crippen LogP contribution in [-0.2, 0) is 6.54 Å². The standard InChI is InChI=1S/C13H21N3OS/c1-8(2)12(17)6-14-5-11-10(4)15-13-16(11)9(3)7-18-13/h7-8,12,14,17H,5-6H2,1-4H3. The van der Waals surface area contributed by atoms with E-state index in [1.807, 2.05) is 20.8 Å². The summed E-state index contributed by atoms with van der Waals surface area (Å²) in [5.41, 5.74) is 3.48. The van der Waals surface area contributed by atoms with E-state index in [0.717, 1.165) is 17.2 Å². The molecule has 1 atom stereocenters. The number of nitrogens with one attached hydrogen (secondary N) is 1. The summed E-state index contributed by atoms with van der Waals surface area (Å²) in [6.07, 6.45) is -0.294. The zero-order valence-electron chi connectivity index (χ0n) is 11.4. The van der Waals surface area contributed by atoms with Crippen molar-refractivity contribution in [2.24, 2.45) is 5.92 Å². The van der Waals surface area contributed by atoms with Crippen LogP contribution >= 0.6 is 11.3 Å². The third-order valence-electron chi connectivity index (χ3n) is 3.25. The van der Waals surface area contributed by atoms with Gasteiger partial charge >= 0.3 is 0 Å². The van der Waals surface area contributed by atoms with Gasteiger partial charge in [0.2, 0.25) is 0 Å². The van der Waals surface area contributed by atoms with Gasteiger partial charge in [0.05, 0.1) is 17.5 Å². The fraction of sp³-hybridized carbons (Fsp3) is 0.615. The Labute approximate surface area is 112 Å². The second kappa shape index (κ2) is 5.38. The molecule has 0 amide bonds. The normalized spacial score (nSPS) is 13.7. The summed E-state index contributed by atoms with van der Waals surface area (Å²) >= 11 is 1.67. The Kier molecular flexibility index (Phi) is 4.04. The molecule has 2 aromatic heterocycles. The zero-order valence-corrected chi connectivity index (χ0v) is 12.2. The summed E-state index contributed by atoms with van der Waals surface area (Å²) < 4.78 is 2.19. The lowest BCUT2D eigenvalue weighted by Gasteiger charge is -2.15. The molecule has 0 aliphatic rings. The minimum atomic E-state index is -0.294. The smallest absolute Gasteiger partial charge is 0.194 e. The van der Waals surface area contributed by atoms with Gasteiger partial charge in [0.1, 0.15) is 0 Å². The van der Waals surface area contributed by atoms with Gasteiger partial charge in [-0.05, 0) is 19.8 Å². The number of nitrogens with zero attached hydrogens (tertiary/aromatic N) is 2. The van der Waals surface area contributed by atoms with Crippen molar-refractivity contribution in [2.45, 2.75) is 40.3 Å². The lowest BCUT2D eigenvalue weighted by molar-refractivity contribution is 0.123. The first-order chi connectivity index (χ1) is 8.50. The number of fused-ring (bicyclic) bond motifs is 1. The van der Waals surface area contributed by atoms with Crippen molar-refractivity contribution in [3.8, 4) is 0 Å². The summed E-state index contributed by atoms with van der Waals surface area (Å²) in [5, 5.41) is 15.2. The molecular formula is C13H21N3OS. The van der Waals surface area contributed by atoms with Crippen LogP contribution in [0, 0.1) is 19.8 Å². The average Bonchev–Trinajstić information content (AvgIpc) is 2.80. The van der Waals surface area contributed by atoms with Crippen LogP contribution in [0.5, 0.6) is 0 Å². The van der Waals surface area contributed by atoms with Crippen LogP contribution in [0.1, 0.15) is 30.9 Å². The van der Waals surface area contributed by atoms with Gasteiger partial charge in [-0.2, -0.15) is 0 Å². The first kappa shape index (κ1) is 13.5. The van der Waals surface area contributed by atoms with Crippen molar-refractivity contribution in [3.63, 3.8) is 0 Å². The molecule has 100 valence electrons. The molecule has 0 spiro atoms. The summed E-state index contributed by atoms with van der Waals surface area (Å²) in [5.74, 6) is 0.284. The Morgan fingerprint density at radius 2 is 2.17 bits per heavy atom. The van der Waals surface area contributed by atoms with E-state index in [1.165, 1.54) is 11.4 Å². The van der Waals surface area contributed by atoms with Gasteiger partial charge in [-0.25, -0.2) is 4.98 Å². The number of hydrogen-bond donors (Lipinski definition) is 2. The van der Waals surface area contributed by atoms with Crippen LogP contribution in [0.4, 0.5) is 0 Å². The van der Waals surface area contributed by atoms with E-state index in [4.69, 9.17) is 0 Å². The van der Waals surface area contributed by atoms with Gasteiger partial charge in [0, 0.05) is 24.2 Å². The highest BCUT2D eigenvalue weighted by molar-refractivity contribution is 7.15. The van der Waals surface area contributed by atoms with Gasteiger partial charge < -0.3 is 10.4 Å². The molecule has 2 N–H and O–H groups in total. The van der Waals surface area contributed by atoms with Gasteiger partial charge in [0.25, 0.3) is 0 Å². The quantitative estimate of drug-likeness (QED) is 0.872. The number of thiazole rings is 1. The van der Waals surface area contributed by atoms with E-state index < -0.39 is 0 Å². The van der Waals surface area contributed by atoms with Crippen LogP contribution < -0.4 is 5.32 Å². The molecule has 0 saturated carbocycles. The van der Waals surface area contributed by atoms with E-state index in [9.17, 15) is 5.11 Å². The molecule has 2 heterocycles. The lowest BCUT2D eigenvalue weighted by Crippen LogP contribution is -2.30. The highest BCUT2D eigenvalue weighted by Gasteiger charge is 2.13. The Hall–Kier alpha value is -0.910. The van der Waals surface area contributed by atoms with Crippen molar-refractivity contribution in [3.05, 3.63) is 22.5 Å². The second-order valence-electron chi connectivity index (χ2n) is 5.08. The average molecular weight is 267 g/mol. The predicted octanol–water partition coefficient (Wildman–Crippen LogP) is 2.12. The van der Waals surface area contributed by atoms with Crippen LogP contribution in [0.2, 0.25) is 0 Å². The minimum Gasteiger partial charge on any atom is -0.392 e. The predicted molar refractivity (Wildman–Crippen MR) is 75.1 cm³/mol. The Balaban J connectivity index is 2.07. The number of aliphatic hydroxyl groups excluding tert-OH is 1. The van der Waals surface area contributed by atoms with E-state index in [-0.39, 0.29) is 12.0 Å². The Bertz CT molecular complexity index is 530. The fourth-order valence-corrected chi connectivity index (χ4v) is 2.88. The number of rotatable bonds is 5. The maximum atomic E-state index is 9.77. The third kappa shape index (κ3) is 2.58. The summed E-state index contributed by atoms with van der Waals surface area (Å²) in [7, 11) is 0. The number of imidazole rings is 1. The van der Waals surface area contributed by atoms with E-state index >= 15 is 0 Å². The molecule has 0 bridgehead atoms. The molecule has 0 aromatic carbocycles. The molecule has 0 radical (unpaired) electrons. The molecule has 5 heteroatoms. The molecule has 18 heavy (non-hydrogen) atoms. The molecule has 2 aromatic rings. The second-order valence-corrected chi connectivity index (χ2v) is 5.92. The molecule has 0 aliphatic heterocycles. The van der Waals surface area contributed by atoms with E-state index in [2.05, 4.69) is 27.0 Å². The molecule has 4 nitrogen and oxygen atoms in total. The lowest BCUT2D eigenvalue weighted by atomic mass is 10.1. The first-order valence-corrected chi connectivity index (χ1v) is 7.19. The fourth-order valence-electron chi connectivity index (χ4n) is 1.95. The van der Waals surface area contributed by atoms with Gasteiger partial charge in [-0.3, -0.25) is 4.40 Å². The molecule has 0 aliphatic carbocycles. The summed E-state index contributed by atoms with van der Waals surface area (Å²) in [4.78, 5) is 5.59. The van der Waals surface area contributed by atoms with Crippen LogP contribution in [0.3, 0.4) is 0 Å². The molecule has 0 fully saturated rings. The number of aryl methyl sites for hydroxylation is 2. The van der Waals surface area contributed by atoms with Crippen molar-refractivity contribution in [2.75, 3.05) is 6.54 Å². The Morgan fingerprint density at radius 1 is 1.44 bits per heavy atom. The van der Waals surface area contributed by atoms with Gasteiger partial charge in [-0.15, -0.1) is 11.3 Å². The maximum Gasteiger partial charge on any atom is 0.194 e. The maximum absolute atomic E-state index is 9.77. The van der Waals surface area contributed by atoms with Crippen molar-refractivity contribution in [1.29, 1.82) is 0 Å². The van der Waals surface area contributed by atoms with Crippen LogP contribution in [0.15, 0.2) is 5.38 Å². The first-order valence-electron chi connectivity index (χ1n) is 6.31. The largest absolute Gasteiger partial charge is 0.392 e. The van der Waals surface area contributed by atoms with E-state index in [0.29, 0.717) is 6.54 Å². The third-order valence-corrected chi connectivity index (χ3v) is 4.19. The SMILES string of the molecule is Cc1nc2scc(C)n2c1CNCC(O)C(C)C. The monoisotopic (exact) mass is 267 g/mol. The molecule has 0 saturated heterocycles. The van der Waals surface area contributed by atoms with Crippen molar-refractivity contribution in [1.82, 2.24) is 14.7 Å². The molecule has 1 unspecified atom stereocenters. The topological polar surface area (TPSA) is 49.6 Å². The summed E-state index contributed by atoms with van der Waals surface area (Å²) in [6, 6.07) is 0. The minimum absolute atomic E-state index is 0.284. The van der Waals surface area contributed by atoms with Crippen LogP contribution in [0.25, 0.3) is 4.96 Å². The number of hydrogen-bond acceptors (Lipinski definition) is 4. The van der Waals surface area contributed by atoms with Crippen LogP contribution in [-0.4, -0.2) is 27.1 Å². The zero-order chi connectivity index (χ0) is 13.3. The van der Waals surface area contributed by atoms with Crippen molar-refractivity contribution < 1.29 is 5.11 Å². The van der Waals surface area contributed by atoms with Gasteiger partial charge in [0.15, 0.2) is 4.96 Å². The van der Waals surface area contributed by atoms with Gasteiger partial charge in [-0.1, -0.05) is 13.8 Å². The highest BCUT2D eigenvalue weighted by Crippen LogP contribution is 2.20. The van der Waals surface area contributed by atoms with E-state index in [1.54, 1.807) is 11.3 Å². The summed E-state index contributed by atoms with van der Waals surface area (Å²) in [6.45, 7) is 9.54. The molecular weight excluding hydrogens is 246 g/mol. The number of aliphatic hydroxyl groups is 1. The highest BCUT2D eigenvalue weighted by atomic mass is 32.1.